The Kier molecular flexibility index (Phi) is 4.59. The van der Waals surface area contributed by atoms with Crippen molar-refractivity contribution in [2.75, 3.05) is 6.54 Å². The van der Waals surface area contributed by atoms with Crippen LogP contribution in [-0.2, 0) is 10.0 Å². The molecule has 1 aliphatic carbocycles. The first kappa shape index (κ1) is 15.9. The van der Waals surface area contributed by atoms with Crippen LogP contribution >= 0.6 is 0 Å². The number of nitriles is 1. The van der Waals surface area contributed by atoms with Crippen molar-refractivity contribution >= 4 is 10.0 Å². The van der Waals surface area contributed by atoms with Gasteiger partial charge in [-0.15, -0.1) is 0 Å². The summed E-state index contributed by atoms with van der Waals surface area (Å²) in [7, 11) is -4.08. The maximum atomic E-state index is 13.8. The second-order valence-electron chi connectivity index (χ2n) is 5.18. The zero-order valence-electron chi connectivity index (χ0n) is 11.6. The van der Waals surface area contributed by atoms with E-state index in [0.717, 1.165) is 29.3 Å². The van der Waals surface area contributed by atoms with Crippen molar-refractivity contribution in [3.05, 3.63) is 29.8 Å². The Labute approximate surface area is 123 Å². The van der Waals surface area contributed by atoms with E-state index in [4.69, 9.17) is 5.26 Å². The van der Waals surface area contributed by atoms with Crippen LogP contribution in [0.1, 0.15) is 26.2 Å². The summed E-state index contributed by atoms with van der Waals surface area (Å²) in [6.07, 6.45) is 1.87. The Hall–Kier alpha value is -1.52. The van der Waals surface area contributed by atoms with Gasteiger partial charge in [-0.3, -0.25) is 0 Å². The normalized spacial score (nSPS) is 16.7. The summed E-state index contributed by atoms with van der Waals surface area (Å²) in [5.74, 6) is -1.70. The summed E-state index contributed by atoms with van der Waals surface area (Å²) in [4.78, 5) is -0.547. The molecule has 0 amide bonds. The van der Waals surface area contributed by atoms with Crippen molar-refractivity contribution in [1.29, 1.82) is 5.26 Å². The van der Waals surface area contributed by atoms with E-state index in [1.807, 2.05) is 6.07 Å². The van der Waals surface area contributed by atoms with Gasteiger partial charge in [-0.05, 0) is 37.8 Å². The van der Waals surface area contributed by atoms with E-state index in [1.165, 1.54) is 0 Å². The van der Waals surface area contributed by atoms with Gasteiger partial charge in [0.2, 0.25) is 10.0 Å². The van der Waals surface area contributed by atoms with E-state index in [9.17, 15) is 17.2 Å². The number of hydrogen-bond donors (Lipinski definition) is 0. The van der Waals surface area contributed by atoms with E-state index in [1.54, 1.807) is 6.92 Å². The fourth-order valence-electron chi connectivity index (χ4n) is 2.33. The molecule has 0 N–H and O–H groups in total. The quantitative estimate of drug-likeness (QED) is 0.811. The highest BCUT2D eigenvalue weighted by molar-refractivity contribution is 7.89. The Morgan fingerprint density at radius 3 is 2.62 bits per heavy atom. The van der Waals surface area contributed by atoms with E-state index in [0.29, 0.717) is 6.07 Å². The zero-order valence-corrected chi connectivity index (χ0v) is 12.4. The Morgan fingerprint density at radius 2 is 2.10 bits per heavy atom. The fourth-order valence-corrected chi connectivity index (χ4v) is 4.07. The molecule has 0 aliphatic heterocycles. The van der Waals surface area contributed by atoms with E-state index in [2.05, 4.69) is 0 Å². The van der Waals surface area contributed by atoms with Crippen molar-refractivity contribution in [3.8, 4) is 6.07 Å². The topological polar surface area (TPSA) is 61.2 Å². The number of halogens is 2. The van der Waals surface area contributed by atoms with Crippen molar-refractivity contribution in [3.63, 3.8) is 0 Å². The third-order valence-corrected chi connectivity index (χ3v) is 5.70. The summed E-state index contributed by atoms with van der Waals surface area (Å²) in [5.41, 5.74) is 0. The van der Waals surface area contributed by atoms with Crippen LogP contribution in [0.2, 0.25) is 0 Å². The van der Waals surface area contributed by atoms with E-state index < -0.39 is 26.6 Å². The molecule has 1 aromatic rings. The highest BCUT2D eigenvalue weighted by Gasteiger charge is 2.38. The van der Waals surface area contributed by atoms with Gasteiger partial charge in [-0.1, -0.05) is 0 Å². The van der Waals surface area contributed by atoms with Crippen LogP contribution in [0.4, 0.5) is 8.78 Å². The molecule has 0 saturated heterocycles. The summed E-state index contributed by atoms with van der Waals surface area (Å²) >= 11 is 0. The lowest BCUT2D eigenvalue weighted by atomic mass is 10.2. The van der Waals surface area contributed by atoms with Crippen LogP contribution in [0.15, 0.2) is 23.1 Å². The van der Waals surface area contributed by atoms with Gasteiger partial charge in [0.1, 0.15) is 16.5 Å². The Bertz CT molecular complexity index is 666. The SMILES string of the molecule is CC(C1CC1)N(CCC#N)S(=O)(=O)c1ccc(F)cc1F. The monoisotopic (exact) mass is 314 g/mol. The van der Waals surface area contributed by atoms with Gasteiger partial charge in [0, 0.05) is 25.1 Å². The molecule has 7 heteroatoms. The molecule has 114 valence electrons. The largest absolute Gasteiger partial charge is 0.246 e. The highest BCUT2D eigenvalue weighted by atomic mass is 32.2. The van der Waals surface area contributed by atoms with Gasteiger partial charge in [-0.2, -0.15) is 9.57 Å². The minimum atomic E-state index is -4.08. The number of hydrogen-bond acceptors (Lipinski definition) is 3. The zero-order chi connectivity index (χ0) is 15.6. The molecule has 4 nitrogen and oxygen atoms in total. The van der Waals surface area contributed by atoms with E-state index in [-0.39, 0.29) is 24.9 Å². The summed E-state index contributed by atoms with van der Waals surface area (Å²) in [6.45, 7) is 1.77. The number of nitrogens with zero attached hydrogens (tertiary/aromatic N) is 2. The van der Waals surface area contributed by atoms with Crippen LogP contribution in [-0.4, -0.2) is 25.3 Å². The Balaban J connectivity index is 2.38. The predicted molar refractivity (Wildman–Crippen MR) is 72.7 cm³/mol. The standard InChI is InChI=1S/C14H16F2N2O2S/c1-10(11-3-4-11)18(8-2-7-17)21(19,20)14-6-5-12(15)9-13(14)16/h5-6,9-11H,2-4,8H2,1H3. The van der Waals surface area contributed by atoms with Gasteiger partial charge < -0.3 is 0 Å². The van der Waals surface area contributed by atoms with Gasteiger partial charge in [-0.25, -0.2) is 17.2 Å². The molecule has 0 bridgehead atoms. The first-order chi connectivity index (χ1) is 9.87. The first-order valence-electron chi connectivity index (χ1n) is 6.71. The molecule has 1 aliphatic rings. The van der Waals surface area contributed by atoms with Crippen LogP contribution in [0.25, 0.3) is 0 Å². The minimum Gasteiger partial charge on any atom is -0.207 e. The second kappa shape index (κ2) is 6.08. The van der Waals surface area contributed by atoms with Gasteiger partial charge in [0.05, 0.1) is 6.07 Å². The minimum absolute atomic E-state index is 0.00726. The molecule has 0 radical (unpaired) electrons. The smallest absolute Gasteiger partial charge is 0.207 e. The summed E-state index contributed by atoms with van der Waals surface area (Å²) in [5, 5.41) is 8.68. The summed E-state index contributed by atoms with van der Waals surface area (Å²) < 4.78 is 53.1. The maximum Gasteiger partial charge on any atom is 0.246 e. The van der Waals surface area contributed by atoms with Crippen molar-refractivity contribution < 1.29 is 17.2 Å². The molecule has 1 saturated carbocycles. The average Bonchev–Trinajstić information content (AvgIpc) is 3.22. The summed E-state index contributed by atoms with van der Waals surface area (Å²) in [6, 6.07) is 4.00. The molecular formula is C14H16F2N2O2S. The molecule has 0 heterocycles. The average molecular weight is 314 g/mol. The third-order valence-electron chi connectivity index (χ3n) is 3.68. The molecular weight excluding hydrogens is 298 g/mol. The predicted octanol–water partition coefficient (Wildman–Crippen LogP) is 2.67. The molecule has 1 fully saturated rings. The lowest BCUT2D eigenvalue weighted by Gasteiger charge is -2.27. The van der Waals surface area contributed by atoms with Crippen LogP contribution in [0, 0.1) is 28.9 Å². The molecule has 0 aromatic heterocycles. The molecule has 2 rings (SSSR count). The van der Waals surface area contributed by atoms with Gasteiger partial charge >= 0.3 is 0 Å². The molecule has 1 unspecified atom stereocenters. The number of benzene rings is 1. The molecule has 1 atom stereocenters. The third kappa shape index (κ3) is 3.39. The lowest BCUT2D eigenvalue weighted by molar-refractivity contribution is 0.313. The lowest BCUT2D eigenvalue weighted by Crippen LogP contribution is -2.40. The van der Waals surface area contributed by atoms with Crippen LogP contribution in [0.3, 0.4) is 0 Å². The molecule has 1 aromatic carbocycles. The van der Waals surface area contributed by atoms with Crippen LogP contribution < -0.4 is 0 Å². The van der Waals surface area contributed by atoms with Gasteiger partial charge in [0.15, 0.2) is 0 Å². The van der Waals surface area contributed by atoms with Crippen molar-refractivity contribution in [1.82, 2.24) is 4.31 Å². The van der Waals surface area contributed by atoms with Gasteiger partial charge in [0.25, 0.3) is 0 Å². The Morgan fingerprint density at radius 1 is 1.43 bits per heavy atom. The fraction of sp³-hybridized carbons (Fsp3) is 0.500. The maximum absolute atomic E-state index is 13.8. The van der Waals surface area contributed by atoms with Crippen molar-refractivity contribution in [2.45, 2.75) is 37.1 Å². The highest BCUT2D eigenvalue weighted by Crippen LogP contribution is 2.37. The second-order valence-corrected chi connectivity index (χ2v) is 7.04. The number of sulfonamides is 1. The molecule has 0 spiro atoms. The van der Waals surface area contributed by atoms with Crippen molar-refractivity contribution in [2.24, 2.45) is 5.92 Å². The first-order valence-corrected chi connectivity index (χ1v) is 8.15. The molecule has 21 heavy (non-hydrogen) atoms. The number of rotatable bonds is 6. The van der Waals surface area contributed by atoms with E-state index >= 15 is 0 Å². The van der Waals surface area contributed by atoms with Crippen LogP contribution in [0.5, 0.6) is 0 Å².